The Balaban J connectivity index is 1.77. The number of unbranched alkanes of at least 4 members (excludes halogenated alkanes) is 1. The molecule has 3 rings (SSSR count). The van der Waals surface area contributed by atoms with Crippen LogP contribution in [0.5, 0.6) is 0 Å². The number of esters is 2. The van der Waals surface area contributed by atoms with E-state index in [1.165, 1.54) is 0 Å². The Morgan fingerprint density at radius 2 is 1.89 bits per heavy atom. The van der Waals surface area contributed by atoms with Crippen molar-refractivity contribution in [1.29, 1.82) is 0 Å². The van der Waals surface area contributed by atoms with Gasteiger partial charge in [0.15, 0.2) is 14.1 Å². The van der Waals surface area contributed by atoms with Crippen molar-refractivity contribution in [2.24, 2.45) is 11.8 Å². The molecule has 1 aromatic rings. The predicted molar refractivity (Wildman–Crippen MR) is 137 cm³/mol. The van der Waals surface area contributed by atoms with Gasteiger partial charge < -0.3 is 13.9 Å². The summed E-state index contributed by atoms with van der Waals surface area (Å²) in [5.74, 6) is -1.07. The average molecular weight is 501 g/mol. The van der Waals surface area contributed by atoms with E-state index in [0.29, 0.717) is 18.4 Å². The second-order valence-corrected chi connectivity index (χ2v) is 16.0. The highest BCUT2D eigenvalue weighted by Crippen LogP contribution is 2.44. The number of carbonyl (C=O) groups excluding carboxylic acids is 3. The molecule has 1 aliphatic carbocycles. The summed E-state index contributed by atoms with van der Waals surface area (Å²) >= 11 is 0. The molecule has 0 amide bonds. The van der Waals surface area contributed by atoms with Gasteiger partial charge in [-0.05, 0) is 42.8 Å². The first kappa shape index (κ1) is 27.3. The van der Waals surface area contributed by atoms with Crippen LogP contribution in [0.15, 0.2) is 42.5 Å². The van der Waals surface area contributed by atoms with Crippen molar-refractivity contribution in [2.75, 3.05) is 0 Å². The number of ether oxygens (including phenoxy) is 2. The zero-order valence-corrected chi connectivity index (χ0v) is 22.9. The topological polar surface area (TPSA) is 78.9 Å². The first-order valence-electron chi connectivity index (χ1n) is 12.8. The molecule has 1 unspecified atom stereocenters. The molecule has 1 saturated carbocycles. The van der Waals surface area contributed by atoms with Gasteiger partial charge in [0.05, 0.1) is 12.0 Å². The quantitative estimate of drug-likeness (QED) is 0.227. The lowest BCUT2D eigenvalue weighted by Crippen LogP contribution is -2.45. The number of benzene rings is 1. The molecule has 1 aliphatic heterocycles. The molecular formula is C28H40O6Si. The van der Waals surface area contributed by atoms with Crippen LogP contribution in [0.3, 0.4) is 0 Å². The molecule has 35 heavy (non-hydrogen) atoms. The van der Waals surface area contributed by atoms with Gasteiger partial charge in [-0.15, -0.1) is 0 Å². The van der Waals surface area contributed by atoms with E-state index in [9.17, 15) is 14.4 Å². The third-order valence-corrected chi connectivity index (χ3v) is 12.2. The smallest absolute Gasteiger partial charge is 0.338 e. The molecule has 2 fully saturated rings. The molecule has 1 saturated heterocycles. The van der Waals surface area contributed by atoms with Gasteiger partial charge in [-0.1, -0.05) is 64.8 Å². The van der Waals surface area contributed by atoms with Gasteiger partial charge in [-0.3, -0.25) is 9.59 Å². The Bertz CT molecular complexity index is 933. The Morgan fingerprint density at radius 3 is 2.51 bits per heavy atom. The Labute approximate surface area is 210 Å². The number of hydrogen-bond donors (Lipinski definition) is 0. The number of fused-ring (bicyclic) bond motifs is 1. The Kier molecular flexibility index (Phi) is 8.75. The van der Waals surface area contributed by atoms with Crippen molar-refractivity contribution in [2.45, 2.75) is 96.2 Å². The standard InChI is InChI=1S/C28H40O6Si/c1-7-8-14-23(34-35(5,6)28(2,3)4)22(29)16-15-20-21-17-26(30)32-25(21)18-24(20)33-27(31)19-12-10-9-11-13-19/h9-13,15-16,20-21,23-25H,7-8,14,17-18H2,1-6H3/b16-15+/t20-,21-,23?,24-,25+/m1/s1. The highest BCUT2D eigenvalue weighted by Gasteiger charge is 2.51. The highest BCUT2D eigenvalue weighted by molar-refractivity contribution is 6.74. The van der Waals surface area contributed by atoms with Crippen LogP contribution in [-0.2, 0) is 23.5 Å². The van der Waals surface area contributed by atoms with Gasteiger partial charge in [0.2, 0.25) is 0 Å². The summed E-state index contributed by atoms with van der Waals surface area (Å²) in [6.07, 6.45) is 5.46. The van der Waals surface area contributed by atoms with Crippen LogP contribution in [0.1, 0.15) is 70.2 Å². The van der Waals surface area contributed by atoms with Crippen molar-refractivity contribution in [3.05, 3.63) is 48.0 Å². The molecule has 7 heteroatoms. The van der Waals surface area contributed by atoms with Gasteiger partial charge >= 0.3 is 11.9 Å². The van der Waals surface area contributed by atoms with Crippen LogP contribution in [0.4, 0.5) is 0 Å². The van der Waals surface area contributed by atoms with E-state index in [4.69, 9.17) is 13.9 Å². The third-order valence-electron chi connectivity index (χ3n) is 7.68. The molecule has 6 nitrogen and oxygen atoms in total. The first-order valence-corrected chi connectivity index (χ1v) is 15.7. The van der Waals surface area contributed by atoms with E-state index in [2.05, 4.69) is 40.8 Å². The molecule has 0 N–H and O–H groups in total. The van der Waals surface area contributed by atoms with Gasteiger partial charge in [0.1, 0.15) is 18.3 Å². The third kappa shape index (κ3) is 6.70. The van der Waals surface area contributed by atoms with Crippen LogP contribution >= 0.6 is 0 Å². The van der Waals surface area contributed by atoms with Crippen LogP contribution < -0.4 is 0 Å². The summed E-state index contributed by atoms with van der Waals surface area (Å²) in [4.78, 5) is 38.0. The van der Waals surface area contributed by atoms with Crippen molar-refractivity contribution in [3.63, 3.8) is 0 Å². The van der Waals surface area contributed by atoms with E-state index < -0.39 is 26.5 Å². The van der Waals surface area contributed by atoms with E-state index >= 15 is 0 Å². The summed E-state index contributed by atoms with van der Waals surface area (Å²) in [6, 6.07) is 8.84. The van der Waals surface area contributed by atoms with Gasteiger partial charge in [-0.25, -0.2) is 4.79 Å². The van der Waals surface area contributed by atoms with Gasteiger partial charge in [0, 0.05) is 18.3 Å². The molecule has 5 atom stereocenters. The van der Waals surface area contributed by atoms with Gasteiger partial charge in [0.25, 0.3) is 0 Å². The van der Waals surface area contributed by atoms with Crippen molar-refractivity contribution >= 4 is 26.0 Å². The number of hydrogen-bond acceptors (Lipinski definition) is 6. The summed E-state index contributed by atoms with van der Waals surface area (Å²) < 4.78 is 17.8. The fraction of sp³-hybridized carbons (Fsp3) is 0.607. The van der Waals surface area contributed by atoms with Crippen molar-refractivity contribution < 1.29 is 28.3 Å². The minimum atomic E-state index is -2.13. The summed E-state index contributed by atoms with van der Waals surface area (Å²) in [5.41, 5.74) is 0.475. The van der Waals surface area contributed by atoms with Crippen LogP contribution in [-0.4, -0.2) is 44.4 Å². The zero-order chi connectivity index (χ0) is 25.8. The van der Waals surface area contributed by atoms with Crippen LogP contribution in [0, 0.1) is 11.8 Å². The highest BCUT2D eigenvalue weighted by atomic mass is 28.4. The predicted octanol–water partition coefficient (Wildman–Crippen LogP) is 5.87. The maximum atomic E-state index is 13.3. The molecule has 0 aromatic heterocycles. The summed E-state index contributed by atoms with van der Waals surface area (Å²) in [5, 5.41) is -0.00157. The fourth-order valence-corrected chi connectivity index (χ4v) is 5.86. The summed E-state index contributed by atoms with van der Waals surface area (Å²) in [7, 11) is -2.13. The van der Waals surface area contributed by atoms with E-state index in [1.807, 2.05) is 12.1 Å². The maximum absolute atomic E-state index is 13.3. The lowest BCUT2D eigenvalue weighted by atomic mass is 9.91. The molecule has 1 heterocycles. The maximum Gasteiger partial charge on any atom is 0.338 e. The average Bonchev–Trinajstić information content (AvgIpc) is 3.30. The molecular weight excluding hydrogens is 460 g/mol. The lowest BCUT2D eigenvalue weighted by Gasteiger charge is -2.38. The molecule has 0 radical (unpaired) electrons. The van der Waals surface area contributed by atoms with E-state index in [0.717, 1.165) is 12.8 Å². The number of ketones is 1. The lowest BCUT2D eigenvalue weighted by molar-refractivity contribution is -0.141. The minimum Gasteiger partial charge on any atom is -0.462 e. The minimum absolute atomic E-state index is 0.00157. The molecule has 2 aliphatic rings. The Morgan fingerprint density at radius 1 is 1.20 bits per heavy atom. The molecule has 0 spiro atoms. The SMILES string of the molecule is CCCCC(O[Si](C)(C)C(C)(C)C)C(=O)/C=C/[C@@H]1[C@H]2CC(=O)O[C@H]2C[C@H]1OC(=O)c1ccccc1. The van der Waals surface area contributed by atoms with Crippen LogP contribution in [0.25, 0.3) is 0 Å². The monoisotopic (exact) mass is 500 g/mol. The molecule has 1 aromatic carbocycles. The van der Waals surface area contributed by atoms with Crippen molar-refractivity contribution in [1.82, 2.24) is 0 Å². The molecule has 192 valence electrons. The largest absolute Gasteiger partial charge is 0.462 e. The first-order chi connectivity index (χ1) is 16.4. The number of rotatable bonds is 10. The molecule has 0 bridgehead atoms. The van der Waals surface area contributed by atoms with E-state index in [-0.39, 0.29) is 41.2 Å². The Hall–Kier alpha value is -2.25. The van der Waals surface area contributed by atoms with Gasteiger partial charge in [-0.2, -0.15) is 0 Å². The second-order valence-electron chi connectivity index (χ2n) is 11.3. The van der Waals surface area contributed by atoms with E-state index in [1.54, 1.807) is 30.3 Å². The van der Waals surface area contributed by atoms with Crippen molar-refractivity contribution in [3.8, 4) is 0 Å². The normalized spacial score (nSPS) is 25.4. The summed E-state index contributed by atoms with van der Waals surface area (Å²) in [6.45, 7) is 12.9. The zero-order valence-electron chi connectivity index (χ0n) is 21.9. The fourth-order valence-electron chi connectivity index (χ4n) is 4.56. The van der Waals surface area contributed by atoms with Crippen LogP contribution in [0.2, 0.25) is 18.1 Å². The second kappa shape index (κ2) is 11.2. The number of carbonyl (C=O) groups is 3.